The first-order chi connectivity index (χ1) is 6.87. The topological polar surface area (TPSA) is 46.5 Å². The van der Waals surface area contributed by atoms with Gasteiger partial charge in [-0.25, -0.2) is 0 Å². The average molecular weight is 216 g/mol. The average Bonchev–Trinajstić information content (AvgIpc) is 2.14. The summed E-state index contributed by atoms with van der Waals surface area (Å²) in [7, 11) is 0. The standard InChI is InChI=1S/C12H24O3/c1-5-10(2)7-9-15-12(3,4)8-6-11(13)14/h10H,5-9H2,1-4H3,(H,13,14). The lowest BCUT2D eigenvalue weighted by molar-refractivity contribution is -0.138. The highest BCUT2D eigenvalue weighted by Crippen LogP contribution is 2.18. The Balaban J connectivity index is 3.68. The third kappa shape index (κ3) is 8.43. The van der Waals surface area contributed by atoms with Gasteiger partial charge in [0.25, 0.3) is 0 Å². The highest BCUT2D eigenvalue weighted by molar-refractivity contribution is 5.66. The molecular formula is C12H24O3. The summed E-state index contributed by atoms with van der Waals surface area (Å²) < 4.78 is 5.69. The summed E-state index contributed by atoms with van der Waals surface area (Å²) in [6, 6.07) is 0. The zero-order chi connectivity index (χ0) is 11.9. The number of carbonyl (C=O) groups is 1. The third-order valence-electron chi connectivity index (χ3n) is 2.74. The van der Waals surface area contributed by atoms with E-state index in [0.29, 0.717) is 12.3 Å². The molecule has 0 saturated heterocycles. The molecule has 90 valence electrons. The van der Waals surface area contributed by atoms with Crippen LogP contribution in [0.15, 0.2) is 0 Å². The van der Waals surface area contributed by atoms with Gasteiger partial charge in [-0.2, -0.15) is 0 Å². The van der Waals surface area contributed by atoms with Gasteiger partial charge in [0.2, 0.25) is 0 Å². The van der Waals surface area contributed by atoms with Crippen LogP contribution in [0.2, 0.25) is 0 Å². The quantitative estimate of drug-likeness (QED) is 0.678. The summed E-state index contributed by atoms with van der Waals surface area (Å²) in [4.78, 5) is 10.4. The van der Waals surface area contributed by atoms with Gasteiger partial charge in [-0.05, 0) is 32.6 Å². The maximum atomic E-state index is 10.4. The van der Waals surface area contributed by atoms with Crippen molar-refractivity contribution in [3.63, 3.8) is 0 Å². The fourth-order valence-corrected chi connectivity index (χ4v) is 1.22. The maximum absolute atomic E-state index is 10.4. The summed E-state index contributed by atoms with van der Waals surface area (Å²) in [5, 5.41) is 8.57. The minimum absolute atomic E-state index is 0.177. The first-order valence-electron chi connectivity index (χ1n) is 5.73. The van der Waals surface area contributed by atoms with Crippen molar-refractivity contribution in [1.82, 2.24) is 0 Å². The Labute approximate surface area is 92.8 Å². The maximum Gasteiger partial charge on any atom is 0.303 e. The number of carboxylic acids is 1. The van der Waals surface area contributed by atoms with Gasteiger partial charge in [0.05, 0.1) is 5.60 Å². The predicted molar refractivity (Wildman–Crippen MR) is 61.0 cm³/mol. The van der Waals surface area contributed by atoms with Gasteiger partial charge in [-0.3, -0.25) is 4.79 Å². The van der Waals surface area contributed by atoms with Crippen LogP contribution in [0.1, 0.15) is 53.4 Å². The van der Waals surface area contributed by atoms with Crippen molar-refractivity contribution in [2.75, 3.05) is 6.61 Å². The van der Waals surface area contributed by atoms with E-state index >= 15 is 0 Å². The van der Waals surface area contributed by atoms with Gasteiger partial charge in [-0.1, -0.05) is 20.3 Å². The molecule has 3 nitrogen and oxygen atoms in total. The Hall–Kier alpha value is -0.570. The molecule has 0 aliphatic rings. The Morgan fingerprint density at radius 1 is 1.47 bits per heavy atom. The van der Waals surface area contributed by atoms with Crippen LogP contribution in [0.5, 0.6) is 0 Å². The zero-order valence-corrected chi connectivity index (χ0v) is 10.4. The van der Waals surface area contributed by atoms with Crippen LogP contribution in [0.4, 0.5) is 0 Å². The molecule has 3 heteroatoms. The molecule has 1 atom stereocenters. The van der Waals surface area contributed by atoms with Crippen molar-refractivity contribution < 1.29 is 14.6 Å². The fraction of sp³-hybridized carbons (Fsp3) is 0.917. The lowest BCUT2D eigenvalue weighted by Crippen LogP contribution is -2.26. The molecule has 1 N–H and O–H groups in total. The van der Waals surface area contributed by atoms with Gasteiger partial charge in [0.1, 0.15) is 0 Å². The molecule has 0 aliphatic carbocycles. The number of rotatable bonds is 8. The van der Waals surface area contributed by atoms with Crippen molar-refractivity contribution in [3.05, 3.63) is 0 Å². The van der Waals surface area contributed by atoms with Crippen LogP contribution in [-0.4, -0.2) is 23.3 Å². The highest BCUT2D eigenvalue weighted by atomic mass is 16.5. The van der Waals surface area contributed by atoms with Gasteiger partial charge in [0.15, 0.2) is 0 Å². The minimum Gasteiger partial charge on any atom is -0.481 e. The van der Waals surface area contributed by atoms with Gasteiger partial charge >= 0.3 is 5.97 Å². The molecule has 0 bridgehead atoms. The van der Waals surface area contributed by atoms with Crippen molar-refractivity contribution >= 4 is 5.97 Å². The second-order valence-electron chi connectivity index (χ2n) is 4.80. The smallest absolute Gasteiger partial charge is 0.303 e. The second-order valence-corrected chi connectivity index (χ2v) is 4.80. The van der Waals surface area contributed by atoms with E-state index < -0.39 is 5.97 Å². The third-order valence-corrected chi connectivity index (χ3v) is 2.74. The van der Waals surface area contributed by atoms with E-state index in [1.807, 2.05) is 13.8 Å². The van der Waals surface area contributed by atoms with E-state index in [2.05, 4.69) is 13.8 Å². The van der Waals surface area contributed by atoms with Crippen LogP contribution in [0, 0.1) is 5.92 Å². The summed E-state index contributed by atoms with van der Waals surface area (Å²) >= 11 is 0. The van der Waals surface area contributed by atoms with Gasteiger partial charge in [0, 0.05) is 13.0 Å². The monoisotopic (exact) mass is 216 g/mol. The summed E-state index contributed by atoms with van der Waals surface area (Å²) in [6.45, 7) is 8.99. The van der Waals surface area contributed by atoms with E-state index in [1.54, 1.807) is 0 Å². The van der Waals surface area contributed by atoms with E-state index in [1.165, 1.54) is 6.42 Å². The Morgan fingerprint density at radius 2 is 2.07 bits per heavy atom. The Bertz CT molecular complexity index is 187. The molecule has 0 fully saturated rings. The molecule has 0 spiro atoms. The second kappa shape index (κ2) is 6.83. The summed E-state index contributed by atoms with van der Waals surface area (Å²) in [5.41, 5.74) is -0.314. The molecule has 0 heterocycles. The van der Waals surface area contributed by atoms with Gasteiger partial charge < -0.3 is 9.84 Å². The van der Waals surface area contributed by atoms with Crippen LogP contribution in [0.3, 0.4) is 0 Å². The lowest BCUT2D eigenvalue weighted by atomic mass is 10.0. The molecule has 0 aromatic carbocycles. The van der Waals surface area contributed by atoms with Crippen LogP contribution in [-0.2, 0) is 9.53 Å². The molecule has 1 unspecified atom stereocenters. The van der Waals surface area contributed by atoms with E-state index in [0.717, 1.165) is 13.0 Å². The number of aliphatic carboxylic acids is 1. The van der Waals surface area contributed by atoms with E-state index in [4.69, 9.17) is 9.84 Å². The number of hydrogen-bond acceptors (Lipinski definition) is 2. The fourth-order valence-electron chi connectivity index (χ4n) is 1.22. The molecule has 0 aromatic heterocycles. The molecule has 0 rings (SSSR count). The van der Waals surface area contributed by atoms with E-state index in [-0.39, 0.29) is 12.0 Å². The first-order valence-corrected chi connectivity index (χ1v) is 5.73. The molecule has 0 saturated carbocycles. The number of ether oxygens (including phenoxy) is 1. The molecule has 15 heavy (non-hydrogen) atoms. The highest BCUT2D eigenvalue weighted by Gasteiger charge is 2.19. The summed E-state index contributed by atoms with van der Waals surface area (Å²) in [6.07, 6.45) is 2.96. The zero-order valence-electron chi connectivity index (χ0n) is 10.4. The normalized spacial score (nSPS) is 13.9. The SMILES string of the molecule is CCC(C)CCOC(C)(C)CCC(=O)O. The molecular weight excluding hydrogens is 192 g/mol. The molecule has 0 aliphatic heterocycles. The Kier molecular flexibility index (Phi) is 6.57. The minimum atomic E-state index is -0.756. The van der Waals surface area contributed by atoms with Crippen molar-refractivity contribution in [1.29, 1.82) is 0 Å². The predicted octanol–water partition coefficient (Wildman–Crippen LogP) is 3.08. The summed E-state index contributed by atoms with van der Waals surface area (Å²) in [5.74, 6) is -0.0751. The lowest BCUT2D eigenvalue weighted by Gasteiger charge is -2.25. The number of hydrogen-bond donors (Lipinski definition) is 1. The number of carboxylic acid groups (broad SMARTS) is 1. The molecule has 0 radical (unpaired) electrons. The largest absolute Gasteiger partial charge is 0.481 e. The Morgan fingerprint density at radius 3 is 2.53 bits per heavy atom. The van der Waals surface area contributed by atoms with Crippen molar-refractivity contribution in [2.45, 2.75) is 59.0 Å². The molecule has 0 amide bonds. The van der Waals surface area contributed by atoms with Gasteiger partial charge in [-0.15, -0.1) is 0 Å². The van der Waals surface area contributed by atoms with Crippen molar-refractivity contribution in [2.24, 2.45) is 5.92 Å². The van der Waals surface area contributed by atoms with Crippen LogP contribution >= 0.6 is 0 Å². The van der Waals surface area contributed by atoms with Crippen LogP contribution in [0.25, 0.3) is 0 Å². The van der Waals surface area contributed by atoms with Crippen molar-refractivity contribution in [3.8, 4) is 0 Å². The van der Waals surface area contributed by atoms with Crippen LogP contribution < -0.4 is 0 Å². The molecule has 0 aromatic rings. The first kappa shape index (κ1) is 14.4. The van der Waals surface area contributed by atoms with E-state index in [9.17, 15) is 4.79 Å².